The van der Waals surface area contributed by atoms with Crippen LogP contribution in [0.2, 0.25) is 0 Å². The van der Waals surface area contributed by atoms with Crippen molar-refractivity contribution in [2.24, 2.45) is 5.92 Å². The number of carboxylic acids is 1. The fourth-order valence-corrected chi connectivity index (χ4v) is 5.70. The molecule has 1 spiro atoms. The number of ether oxygens (including phenoxy) is 3. The topological polar surface area (TPSA) is 94.0 Å². The molecule has 2 saturated heterocycles. The zero-order valence-corrected chi connectivity index (χ0v) is 23.0. The summed E-state index contributed by atoms with van der Waals surface area (Å²) in [7, 11) is 0. The van der Waals surface area contributed by atoms with Crippen LogP contribution in [0.25, 0.3) is 0 Å². The van der Waals surface area contributed by atoms with Crippen molar-refractivity contribution < 1.29 is 24.1 Å². The number of likely N-dealkylation sites (tertiary alicyclic amines) is 1. The number of aryl methyl sites for hydroxylation is 1. The van der Waals surface area contributed by atoms with E-state index < -0.39 is 5.97 Å². The summed E-state index contributed by atoms with van der Waals surface area (Å²) in [5, 5.41) is 8.83. The molecule has 8 heteroatoms. The van der Waals surface area contributed by atoms with Crippen LogP contribution in [-0.2, 0) is 29.1 Å². The van der Waals surface area contributed by atoms with Crippen LogP contribution in [0.1, 0.15) is 55.2 Å². The van der Waals surface area contributed by atoms with Crippen LogP contribution in [-0.4, -0.2) is 57.8 Å². The minimum atomic E-state index is -0.780. The SMILES string of the molecule is O=C(O)CCc1ccc(OCc2ccc(CN3CCC4(CC3)CC(CCOc3cnccn3)CCO4)cc2)cc1. The second-order valence-electron chi connectivity index (χ2n) is 11.0. The number of hydrogen-bond donors (Lipinski definition) is 1. The molecule has 1 unspecified atom stereocenters. The van der Waals surface area contributed by atoms with E-state index in [0.29, 0.717) is 31.4 Å². The van der Waals surface area contributed by atoms with Crippen molar-refractivity contribution in [3.8, 4) is 11.6 Å². The molecule has 1 N–H and O–H groups in total. The Morgan fingerprint density at radius 2 is 1.75 bits per heavy atom. The molecule has 0 amide bonds. The van der Waals surface area contributed by atoms with Gasteiger partial charge >= 0.3 is 5.97 Å². The molecular weight excluding hydrogens is 506 g/mol. The fourth-order valence-electron chi connectivity index (χ4n) is 5.70. The highest BCUT2D eigenvalue weighted by atomic mass is 16.5. The lowest BCUT2D eigenvalue weighted by atomic mass is 9.78. The zero-order valence-electron chi connectivity index (χ0n) is 23.0. The minimum Gasteiger partial charge on any atom is -0.489 e. The smallest absolute Gasteiger partial charge is 0.303 e. The lowest BCUT2D eigenvalue weighted by Crippen LogP contribution is -2.49. The third-order valence-electron chi connectivity index (χ3n) is 8.06. The van der Waals surface area contributed by atoms with Gasteiger partial charge in [-0.05, 0) is 73.3 Å². The van der Waals surface area contributed by atoms with Gasteiger partial charge in [0.25, 0.3) is 0 Å². The van der Waals surface area contributed by atoms with E-state index in [1.165, 1.54) is 5.56 Å². The van der Waals surface area contributed by atoms with Crippen LogP contribution in [0.5, 0.6) is 11.6 Å². The maximum absolute atomic E-state index is 10.7. The first-order chi connectivity index (χ1) is 19.6. The lowest BCUT2D eigenvalue weighted by Gasteiger charge is -2.46. The minimum absolute atomic E-state index is 0.0155. The maximum atomic E-state index is 10.7. The predicted molar refractivity (Wildman–Crippen MR) is 151 cm³/mol. The van der Waals surface area contributed by atoms with Gasteiger partial charge in [-0.1, -0.05) is 36.4 Å². The molecule has 3 heterocycles. The van der Waals surface area contributed by atoms with Crippen molar-refractivity contribution in [2.45, 2.75) is 63.7 Å². The average Bonchev–Trinajstić information content (AvgIpc) is 2.98. The van der Waals surface area contributed by atoms with Gasteiger partial charge in [0.1, 0.15) is 12.4 Å². The van der Waals surface area contributed by atoms with Gasteiger partial charge < -0.3 is 19.3 Å². The standard InChI is InChI=1S/C32H39N3O5/c36-31(37)10-7-25-5-8-29(9-6-25)39-24-28-3-1-27(2-4-28)23-35-17-13-32(14-18-35)21-26(12-20-40-32)11-19-38-30-22-33-15-16-34-30/h1-6,8-9,15-16,22,26H,7,10-14,17-21,23-24H2,(H,36,37). The molecule has 8 nitrogen and oxygen atoms in total. The quantitative estimate of drug-likeness (QED) is 0.328. The Labute approximate surface area is 236 Å². The van der Waals surface area contributed by atoms with Gasteiger partial charge in [0, 0.05) is 45.1 Å². The number of nitrogens with zero attached hydrogens (tertiary/aromatic N) is 3. The van der Waals surface area contributed by atoms with Gasteiger partial charge in [0.15, 0.2) is 0 Å². The monoisotopic (exact) mass is 545 g/mol. The van der Waals surface area contributed by atoms with Crippen LogP contribution >= 0.6 is 0 Å². The number of benzene rings is 2. The van der Waals surface area contributed by atoms with E-state index >= 15 is 0 Å². The highest BCUT2D eigenvalue weighted by Crippen LogP contribution is 2.39. The van der Waals surface area contributed by atoms with E-state index in [4.69, 9.17) is 19.3 Å². The van der Waals surface area contributed by atoms with Crippen molar-refractivity contribution in [3.05, 3.63) is 83.8 Å². The second kappa shape index (κ2) is 13.7. The molecule has 0 aliphatic carbocycles. The fraction of sp³-hybridized carbons (Fsp3) is 0.469. The van der Waals surface area contributed by atoms with E-state index in [1.807, 2.05) is 24.3 Å². The van der Waals surface area contributed by atoms with Gasteiger partial charge in [0.2, 0.25) is 5.88 Å². The van der Waals surface area contributed by atoms with Crippen molar-refractivity contribution >= 4 is 5.97 Å². The normalized spacial score (nSPS) is 18.9. The van der Waals surface area contributed by atoms with Crippen molar-refractivity contribution in [3.63, 3.8) is 0 Å². The summed E-state index contributed by atoms with van der Waals surface area (Å²) in [5.74, 6) is 1.23. The maximum Gasteiger partial charge on any atom is 0.303 e. The van der Waals surface area contributed by atoms with Gasteiger partial charge in [0.05, 0.1) is 18.4 Å². The molecule has 212 valence electrons. The first-order valence-corrected chi connectivity index (χ1v) is 14.3. The number of aromatic nitrogens is 2. The second-order valence-corrected chi connectivity index (χ2v) is 11.0. The molecule has 2 aliphatic heterocycles. The van der Waals surface area contributed by atoms with E-state index in [1.54, 1.807) is 18.6 Å². The Morgan fingerprint density at radius 3 is 2.48 bits per heavy atom. The molecule has 5 rings (SSSR count). The highest BCUT2D eigenvalue weighted by Gasteiger charge is 2.40. The molecule has 0 saturated carbocycles. The Bertz CT molecular complexity index is 1200. The third-order valence-corrected chi connectivity index (χ3v) is 8.06. The summed E-state index contributed by atoms with van der Waals surface area (Å²) in [6.07, 6.45) is 11.1. The van der Waals surface area contributed by atoms with Gasteiger partial charge in [-0.15, -0.1) is 0 Å². The molecule has 2 aromatic carbocycles. The highest BCUT2D eigenvalue weighted by molar-refractivity contribution is 5.67. The molecule has 3 aromatic rings. The largest absolute Gasteiger partial charge is 0.489 e. The molecule has 40 heavy (non-hydrogen) atoms. The summed E-state index contributed by atoms with van der Waals surface area (Å²) >= 11 is 0. The lowest BCUT2D eigenvalue weighted by molar-refractivity contribution is -0.137. The Morgan fingerprint density at radius 1 is 1.00 bits per heavy atom. The van der Waals surface area contributed by atoms with Crippen molar-refractivity contribution in [1.82, 2.24) is 14.9 Å². The summed E-state index contributed by atoms with van der Waals surface area (Å²) < 4.78 is 18.1. The molecule has 1 aromatic heterocycles. The molecule has 1 atom stereocenters. The van der Waals surface area contributed by atoms with Gasteiger partial charge in [-0.25, -0.2) is 4.98 Å². The van der Waals surface area contributed by atoms with E-state index in [2.05, 4.69) is 39.1 Å². The third kappa shape index (κ3) is 8.26. The van der Waals surface area contributed by atoms with Crippen LogP contribution in [0.4, 0.5) is 0 Å². The number of aliphatic carboxylic acids is 1. The number of rotatable bonds is 12. The van der Waals surface area contributed by atoms with Crippen molar-refractivity contribution in [2.75, 3.05) is 26.3 Å². The number of piperidine rings is 1. The molecule has 2 aliphatic rings. The van der Waals surface area contributed by atoms with E-state index in [-0.39, 0.29) is 12.0 Å². The Balaban J connectivity index is 1.02. The Hall–Kier alpha value is -3.49. The van der Waals surface area contributed by atoms with Gasteiger partial charge in [-0.3, -0.25) is 14.7 Å². The number of hydrogen-bond acceptors (Lipinski definition) is 7. The molecule has 2 fully saturated rings. The molecular formula is C32H39N3O5. The first-order valence-electron chi connectivity index (χ1n) is 14.3. The van der Waals surface area contributed by atoms with Crippen LogP contribution in [0.15, 0.2) is 67.1 Å². The summed E-state index contributed by atoms with van der Waals surface area (Å²) in [6.45, 7) is 5.07. The molecule has 0 bridgehead atoms. The van der Waals surface area contributed by atoms with E-state index in [0.717, 1.165) is 75.2 Å². The first kappa shape index (κ1) is 28.1. The van der Waals surface area contributed by atoms with E-state index in [9.17, 15) is 4.79 Å². The predicted octanol–water partition coefficient (Wildman–Crippen LogP) is 5.30. The molecule has 0 radical (unpaired) electrons. The summed E-state index contributed by atoms with van der Waals surface area (Å²) in [5.41, 5.74) is 3.45. The summed E-state index contributed by atoms with van der Waals surface area (Å²) in [4.78, 5) is 21.5. The van der Waals surface area contributed by atoms with Crippen LogP contribution < -0.4 is 9.47 Å². The number of carboxylic acid groups (broad SMARTS) is 1. The van der Waals surface area contributed by atoms with Crippen LogP contribution in [0, 0.1) is 5.92 Å². The van der Waals surface area contributed by atoms with Crippen LogP contribution in [0.3, 0.4) is 0 Å². The Kier molecular flexibility index (Phi) is 9.63. The summed E-state index contributed by atoms with van der Waals surface area (Å²) in [6, 6.07) is 16.3. The number of carbonyl (C=O) groups is 1. The zero-order chi connectivity index (χ0) is 27.6. The average molecular weight is 546 g/mol. The van der Waals surface area contributed by atoms with Crippen molar-refractivity contribution in [1.29, 1.82) is 0 Å². The van der Waals surface area contributed by atoms with Gasteiger partial charge in [-0.2, -0.15) is 0 Å².